The third-order valence-corrected chi connectivity index (χ3v) is 4.91. The van der Waals surface area contributed by atoms with Crippen LogP contribution in [0.5, 0.6) is 5.75 Å². The van der Waals surface area contributed by atoms with E-state index in [-0.39, 0.29) is 5.75 Å². The molecule has 0 aliphatic heterocycles. The maximum absolute atomic E-state index is 11.4. The molecule has 0 fully saturated rings. The van der Waals surface area contributed by atoms with Crippen LogP contribution in [0.3, 0.4) is 0 Å². The second-order valence-corrected chi connectivity index (χ2v) is 6.50. The van der Waals surface area contributed by atoms with Crippen LogP contribution in [0.2, 0.25) is 0 Å². The summed E-state index contributed by atoms with van der Waals surface area (Å²) in [6.07, 6.45) is 3.68. The molecule has 3 rings (SSSR count). The lowest BCUT2D eigenvalue weighted by Gasteiger charge is -2.05. The molecular formula is C14H13N3O3S2. The van der Waals surface area contributed by atoms with E-state index in [0.717, 1.165) is 24.4 Å². The molecule has 0 saturated heterocycles. The van der Waals surface area contributed by atoms with Crippen LogP contribution in [0.4, 0.5) is 0 Å². The number of hydrogen-bond donors (Lipinski definition) is 1. The fourth-order valence-electron chi connectivity index (χ4n) is 1.85. The van der Waals surface area contributed by atoms with Crippen molar-refractivity contribution >= 4 is 23.1 Å². The number of thioether (sulfide) groups is 1. The predicted molar refractivity (Wildman–Crippen MR) is 84.2 cm³/mol. The molecule has 3 heterocycles. The van der Waals surface area contributed by atoms with E-state index in [4.69, 9.17) is 9.52 Å². The summed E-state index contributed by atoms with van der Waals surface area (Å²) < 4.78 is 7.14. The number of nitrogens with zero attached hydrogens (tertiary/aromatic N) is 3. The molecule has 0 amide bonds. The van der Waals surface area contributed by atoms with E-state index in [9.17, 15) is 4.79 Å². The molecule has 8 heteroatoms. The van der Waals surface area contributed by atoms with Crippen molar-refractivity contribution in [1.82, 2.24) is 14.8 Å². The molecule has 0 aliphatic carbocycles. The van der Waals surface area contributed by atoms with Gasteiger partial charge < -0.3 is 14.1 Å². The third kappa shape index (κ3) is 3.58. The predicted octanol–water partition coefficient (Wildman–Crippen LogP) is 2.53. The second kappa shape index (κ2) is 6.80. The zero-order valence-corrected chi connectivity index (χ0v) is 13.1. The third-order valence-electron chi connectivity index (χ3n) is 2.97. The van der Waals surface area contributed by atoms with Gasteiger partial charge in [-0.1, -0.05) is 17.8 Å². The fraction of sp³-hybridized carbons (Fsp3) is 0.214. The summed E-state index contributed by atoms with van der Waals surface area (Å²) in [5.74, 6) is 0.557. The number of thiophene rings is 1. The summed E-state index contributed by atoms with van der Waals surface area (Å²) in [5, 5.41) is 20.0. The van der Waals surface area contributed by atoms with E-state index in [1.165, 1.54) is 22.7 Å². The second-order valence-electron chi connectivity index (χ2n) is 4.52. The van der Waals surface area contributed by atoms with Crippen molar-refractivity contribution in [2.24, 2.45) is 0 Å². The molecule has 0 radical (unpaired) electrons. The van der Waals surface area contributed by atoms with Gasteiger partial charge in [-0.25, -0.2) is 0 Å². The van der Waals surface area contributed by atoms with Crippen LogP contribution in [0, 0.1) is 0 Å². The van der Waals surface area contributed by atoms with Crippen LogP contribution in [0.15, 0.2) is 50.5 Å². The normalized spacial score (nSPS) is 10.9. The van der Waals surface area contributed by atoms with Crippen molar-refractivity contribution in [3.63, 3.8) is 0 Å². The fourth-order valence-corrected chi connectivity index (χ4v) is 3.38. The number of aromatic hydroxyl groups is 1. The van der Waals surface area contributed by atoms with Crippen LogP contribution in [-0.2, 0) is 18.7 Å². The number of aryl methyl sites for hydroxylation is 2. The first-order valence-corrected chi connectivity index (χ1v) is 8.42. The number of rotatable bonds is 6. The number of aromatic nitrogens is 3. The van der Waals surface area contributed by atoms with E-state index < -0.39 is 5.43 Å². The van der Waals surface area contributed by atoms with Gasteiger partial charge in [-0.2, -0.15) is 0 Å². The molecule has 1 N–H and O–H groups in total. The van der Waals surface area contributed by atoms with Crippen LogP contribution < -0.4 is 5.43 Å². The van der Waals surface area contributed by atoms with Crippen LogP contribution in [0.1, 0.15) is 10.6 Å². The van der Waals surface area contributed by atoms with Gasteiger partial charge >= 0.3 is 0 Å². The Morgan fingerprint density at radius 3 is 3.14 bits per heavy atom. The Labute approximate surface area is 134 Å². The molecule has 114 valence electrons. The summed E-state index contributed by atoms with van der Waals surface area (Å²) >= 11 is 3.17. The summed E-state index contributed by atoms with van der Waals surface area (Å²) in [5.41, 5.74) is -0.444. The van der Waals surface area contributed by atoms with E-state index in [2.05, 4.69) is 21.6 Å². The highest BCUT2D eigenvalue weighted by atomic mass is 32.2. The molecule has 3 aromatic heterocycles. The molecule has 0 atom stereocenters. The van der Waals surface area contributed by atoms with Crippen molar-refractivity contribution in [3.8, 4) is 5.75 Å². The minimum Gasteiger partial charge on any atom is -0.502 e. The topological polar surface area (TPSA) is 81.2 Å². The summed E-state index contributed by atoms with van der Waals surface area (Å²) in [6, 6.07) is 5.43. The zero-order valence-electron chi connectivity index (χ0n) is 11.5. The maximum Gasteiger partial charge on any atom is 0.226 e. The monoisotopic (exact) mass is 335 g/mol. The van der Waals surface area contributed by atoms with Gasteiger partial charge in [0, 0.05) is 17.5 Å². The average Bonchev–Trinajstić information content (AvgIpc) is 3.17. The Hall–Kier alpha value is -2.06. The summed E-state index contributed by atoms with van der Waals surface area (Å²) in [7, 11) is 0. The maximum atomic E-state index is 11.4. The highest BCUT2D eigenvalue weighted by molar-refractivity contribution is 7.98. The molecule has 0 unspecified atom stereocenters. The first-order chi connectivity index (χ1) is 10.7. The van der Waals surface area contributed by atoms with Crippen LogP contribution in [0.25, 0.3) is 0 Å². The first-order valence-electron chi connectivity index (χ1n) is 6.56. The van der Waals surface area contributed by atoms with E-state index in [1.807, 2.05) is 10.6 Å². The lowest BCUT2D eigenvalue weighted by atomic mass is 10.3. The van der Waals surface area contributed by atoms with Gasteiger partial charge in [0.1, 0.15) is 18.4 Å². The summed E-state index contributed by atoms with van der Waals surface area (Å²) in [4.78, 5) is 12.7. The van der Waals surface area contributed by atoms with Crippen LogP contribution >= 0.6 is 23.1 Å². The molecule has 0 aliphatic rings. The van der Waals surface area contributed by atoms with Gasteiger partial charge in [-0.15, -0.1) is 21.5 Å². The van der Waals surface area contributed by atoms with Crippen molar-refractivity contribution in [2.45, 2.75) is 23.9 Å². The SMILES string of the molecule is O=c1cc(CSc2nncn2CCc2cccs2)occ1O. The van der Waals surface area contributed by atoms with Gasteiger partial charge in [0.05, 0.1) is 5.75 Å². The molecular weight excluding hydrogens is 322 g/mol. The molecule has 0 aromatic carbocycles. The van der Waals surface area contributed by atoms with Gasteiger partial charge in [0.15, 0.2) is 10.9 Å². The van der Waals surface area contributed by atoms with Crippen molar-refractivity contribution in [2.75, 3.05) is 0 Å². The Balaban J connectivity index is 1.62. The highest BCUT2D eigenvalue weighted by Gasteiger charge is 2.08. The van der Waals surface area contributed by atoms with Gasteiger partial charge in [0.25, 0.3) is 0 Å². The molecule has 0 bridgehead atoms. The Morgan fingerprint density at radius 1 is 1.45 bits per heavy atom. The Kier molecular flexibility index (Phi) is 4.59. The van der Waals surface area contributed by atoms with Crippen molar-refractivity contribution in [3.05, 3.63) is 57.0 Å². The van der Waals surface area contributed by atoms with Crippen LogP contribution in [-0.4, -0.2) is 19.9 Å². The smallest absolute Gasteiger partial charge is 0.226 e. The summed E-state index contributed by atoms with van der Waals surface area (Å²) in [6.45, 7) is 0.801. The molecule has 3 aromatic rings. The zero-order chi connectivity index (χ0) is 15.4. The molecule has 0 spiro atoms. The van der Waals surface area contributed by atoms with Gasteiger partial charge in [0.2, 0.25) is 5.43 Å². The van der Waals surface area contributed by atoms with Gasteiger partial charge in [-0.3, -0.25) is 4.79 Å². The minimum atomic E-state index is -0.444. The Morgan fingerprint density at radius 2 is 2.36 bits per heavy atom. The standard InChI is InChI=1S/C14H13N3O3S2/c18-12-6-10(20-7-13(12)19)8-22-14-16-15-9-17(14)4-3-11-2-1-5-21-11/h1-2,5-7,9,19H,3-4,8H2. The van der Waals surface area contributed by atoms with E-state index in [1.54, 1.807) is 17.7 Å². The van der Waals surface area contributed by atoms with E-state index >= 15 is 0 Å². The molecule has 6 nitrogen and oxygen atoms in total. The Bertz CT molecular complexity index is 796. The lowest BCUT2D eigenvalue weighted by molar-refractivity contribution is 0.419. The molecule has 22 heavy (non-hydrogen) atoms. The first kappa shape index (κ1) is 14.9. The number of hydrogen-bond acceptors (Lipinski definition) is 7. The minimum absolute atomic E-state index is 0.382. The van der Waals surface area contributed by atoms with Crippen molar-refractivity contribution < 1.29 is 9.52 Å². The largest absolute Gasteiger partial charge is 0.502 e. The highest BCUT2D eigenvalue weighted by Crippen LogP contribution is 2.21. The average molecular weight is 335 g/mol. The van der Waals surface area contributed by atoms with Gasteiger partial charge in [-0.05, 0) is 17.9 Å². The van der Waals surface area contributed by atoms with Crippen molar-refractivity contribution in [1.29, 1.82) is 0 Å². The van der Waals surface area contributed by atoms with E-state index in [0.29, 0.717) is 11.5 Å². The molecule has 0 saturated carbocycles. The quantitative estimate of drug-likeness (QED) is 0.697. The lowest BCUT2D eigenvalue weighted by Crippen LogP contribution is -2.02.